The minimum atomic E-state index is -7.22. The van der Waals surface area contributed by atoms with Crippen LogP contribution in [0.5, 0.6) is 0 Å². The Kier molecular flexibility index (Phi) is 7.91. The molecule has 0 saturated carbocycles. The van der Waals surface area contributed by atoms with Crippen molar-refractivity contribution < 1.29 is 83.6 Å². The van der Waals surface area contributed by atoms with Gasteiger partial charge in [-0.2, -0.15) is 79.0 Å². The molecule has 0 saturated heterocycles. The third-order valence-corrected chi connectivity index (χ3v) is 7.80. The van der Waals surface area contributed by atoms with E-state index in [1.807, 2.05) is 0 Å². The molecule has 0 aliphatic carbocycles. The summed E-state index contributed by atoms with van der Waals surface area (Å²) in [6, 6.07) is -4.82. The molecule has 0 bridgehead atoms. The summed E-state index contributed by atoms with van der Waals surface area (Å²) in [5.41, 5.74) is -18.8. The molecule has 1 nitrogen and oxygen atoms in total. The largest absolute Gasteiger partial charge is 0.417 e. The summed E-state index contributed by atoms with van der Waals surface area (Å²) >= 11 is 5.16. The van der Waals surface area contributed by atoms with E-state index in [1.54, 1.807) is 0 Å². The first-order valence-corrected chi connectivity index (χ1v) is 11.6. The van der Waals surface area contributed by atoms with E-state index in [2.05, 4.69) is 0 Å². The third-order valence-electron chi connectivity index (χ3n) is 4.67. The Morgan fingerprint density at radius 3 is 0.718 bits per heavy atom. The van der Waals surface area contributed by atoms with Crippen LogP contribution in [0.4, 0.5) is 79.0 Å². The van der Waals surface area contributed by atoms with Crippen LogP contribution in [0.25, 0.3) is 0 Å². The van der Waals surface area contributed by atoms with Gasteiger partial charge < -0.3 is 0 Å². The first kappa shape index (κ1) is 32.9. The fourth-order valence-corrected chi connectivity index (χ4v) is 6.51. The number of hydrogen-bond acceptors (Lipinski definition) is 1. The Morgan fingerprint density at radius 1 is 0.410 bits per heavy atom. The van der Waals surface area contributed by atoms with Gasteiger partial charge in [-0.05, 0) is 35.5 Å². The van der Waals surface area contributed by atoms with Crippen molar-refractivity contribution in [3.8, 4) is 0 Å². The molecular weight excluding hydrogens is 641 g/mol. The van der Waals surface area contributed by atoms with Gasteiger partial charge in [0.15, 0.2) is 0 Å². The molecule has 0 atom stereocenters. The minimum absolute atomic E-state index is 1.20. The average Bonchev–Trinajstić information content (AvgIpc) is 2.67. The lowest BCUT2D eigenvalue weighted by Gasteiger charge is -2.28. The molecule has 220 valence electrons. The van der Waals surface area contributed by atoms with Crippen molar-refractivity contribution in [1.82, 2.24) is 0 Å². The van der Waals surface area contributed by atoms with E-state index in [9.17, 15) is 83.6 Å². The summed E-state index contributed by atoms with van der Waals surface area (Å²) in [6.07, 6.45) is -38.0. The fraction of sp³-hybridized carbons (Fsp3) is 0.333. The second kappa shape index (κ2) is 9.38. The second-order valence-electron chi connectivity index (χ2n) is 7.36. The summed E-state index contributed by atoms with van der Waals surface area (Å²) in [4.78, 5) is 0. The Bertz CT molecular complexity index is 1140. The highest BCUT2D eigenvalue weighted by Gasteiger charge is 2.54. The van der Waals surface area contributed by atoms with Crippen LogP contribution in [0.1, 0.15) is 33.4 Å². The molecular formula is C18H4ClF18OP. The normalized spacial score (nSPS) is 14.6. The molecule has 0 radical (unpaired) electrons. The Morgan fingerprint density at radius 2 is 0.590 bits per heavy atom. The van der Waals surface area contributed by atoms with Crippen LogP contribution in [-0.4, -0.2) is 0 Å². The number of benzene rings is 2. The lowest BCUT2D eigenvalue weighted by atomic mass is 10.0. The van der Waals surface area contributed by atoms with Gasteiger partial charge in [-0.1, -0.05) is 0 Å². The third kappa shape index (κ3) is 6.72. The summed E-state index contributed by atoms with van der Waals surface area (Å²) in [5, 5.41) is -6.37. The smallest absolute Gasteiger partial charge is 0.296 e. The van der Waals surface area contributed by atoms with Crippen molar-refractivity contribution in [2.75, 3.05) is 0 Å². The van der Waals surface area contributed by atoms with Crippen LogP contribution in [0.2, 0.25) is 0 Å². The summed E-state index contributed by atoms with van der Waals surface area (Å²) in [5.74, 6) is 0. The molecule has 2 rings (SSSR count). The molecule has 2 aromatic carbocycles. The van der Waals surface area contributed by atoms with Gasteiger partial charge in [0, 0.05) is 0 Å². The maximum absolute atomic E-state index is 13.6. The van der Waals surface area contributed by atoms with E-state index in [4.69, 9.17) is 11.2 Å². The van der Waals surface area contributed by atoms with Crippen molar-refractivity contribution in [2.24, 2.45) is 0 Å². The van der Waals surface area contributed by atoms with Gasteiger partial charge in [0.25, 0.3) is 0 Å². The molecule has 0 amide bonds. The van der Waals surface area contributed by atoms with Crippen LogP contribution in [0.15, 0.2) is 24.3 Å². The predicted molar refractivity (Wildman–Crippen MR) is 95.6 cm³/mol. The molecule has 0 unspecified atom stereocenters. The lowest BCUT2D eigenvalue weighted by molar-refractivity contribution is -0.149. The van der Waals surface area contributed by atoms with Gasteiger partial charge in [-0.3, -0.25) is 4.57 Å². The second-order valence-corrected chi connectivity index (χ2v) is 10.7. The van der Waals surface area contributed by atoms with E-state index in [1.165, 1.54) is 0 Å². The molecule has 0 heterocycles. The van der Waals surface area contributed by atoms with Gasteiger partial charge in [0.05, 0.1) is 44.0 Å². The zero-order chi connectivity index (χ0) is 30.9. The Hall–Kier alpha value is -2.30. The highest BCUT2D eigenvalue weighted by atomic mass is 35.7. The average molecular weight is 645 g/mol. The van der Waals surface area contributed by atoms with Crippen molar-refractivity contribution in [3.05, 3.63) is 57.6 Å². The molecule has 0 spiro atoms. The minimum Gasteiger partial charge on any atom is -0.296 e. The fourth-order valence-electron chi connectivity index (χ4n) is 3.19. The van der Waals surface area contributed by atoms with E-state index in [0.29, 0.717) is 0 Å². The summed E-state index contributed by atoms with van der Waals surface area (Å²) < 4.78 is 255. The monoisotopic (exact) mass is 644 g/mol. The predicted octanol–water partition coefficient (Wildman–Crippen LogP) is 9.27. The SMILES string of the molecule is O=P(Cl)(c1c(C(F)(F)F)cc(C(F)(F)F)cc1C(F)(F)F)c1c(C(F)(F)F)cc(C(F)(F)F)cc1C(F)(F)F. The van der Waals surface area contributed by atoms with Gasteiger partial charge in [0.1, 0.15) is 0 Å². The van der Waals surface area contributed by atoms with Crippen molar-refractivity contribution in [3.63, 3.8) is 0 Å². The summed E-state index contributed by atoms with van der Waals surface area (Å²) in [7, 11) is 0. The maximum Gasteiger partial charge on any atom is 0.417 e. The highest BCUT2D eigenvalue weighted by Crippen LogP contribution is 2.59. The Labute approximate surface area is 207 Å². The first-order valence-electron chi connectivity index (χ1n) is 9.01. The molecule has 0 aliphatic rings. The van der Waals surface area contributed by atoms with Crippen LogP contribution < -0.4 is 10.6 Å². The van der Waals surface area contributed by atoms with Crippen molar-refractivity contribution >= 4 is 28.3 Å². The summed E-state index contributed by atoms with van der Waals surface area (Å²) in [6.45, 7) is -7.22. The van der Waals surface area contributed by atoms with Crippen LogP contribution >= 0.6 is 17.7 Å². The standard InChI is InChI=1S/C18H4ClF18OP/c19-39(38,11-7(15(26,27)28)1-5(13(20,21)22)2-8(11)16(29,30)31)12-9(17(32,33)34)3-6(14(23,24)25)4-10(12)18(35,36)37/h1-4H. The lowest BCUT2D eigenvalue weighted by Crippen LogP contribution is -2.36. The van der Waals surface area contributed by atoms with Gasteiger partial charge in [-0.15, -0.1) is 0 Å². The Balaban J connectivity index is 3.35. The van der Waals surface area contributed by atoms with Gasteiger partial charge in [0.2, 0.25) is 6.49 Å². The molecule has 0 N–H and O–H groups in total. The zero-order valence-electron chi connectivity index (χ0n) is 17.3. The maximum atomic E-state index is 13.6. The van der Waals surface area contributed by atoms with Crippen LogP contribution in [-0.2, 0) is 41.6 Å². The molecule has 0 aromatic heterocycles. The van der Waals surface area contributed by atoms with E-state index in [0.717, 1.165) is 0 Å². The number of halogens is 19. The van der Waals surface area contributed by atoms with E-state index >= 15 is 0 Å². The van der Waals surface area contributed by atoms with Crippen LogP contribution in [0.3, 0.4) is 0 Å². The van der Waals surface area contributed by atoms with E-state index in [-0.39, 0.29) is 0 Å². The topological polar surface area (TPSA) is 17.1 Å². The number of hydrogen-bond donors (Lipinski definition) is 0. The number of rotatable bonds is 2. The molecule has 0 aliphatic heterocycles. The molecule has 2 aromatic rings. The molecule has 21 heteroatoms. The van der Waals surface area contributed by atoms with Crippen molar-refractivity contribution in [1.29, 1.82) is 0 Å². The first-order chi connectivity index (χ1) is 16.9. The van der Waals surface area contributed by atoms with Crippen molar-refractivity contribution in [2.45, 2.75) is 37.1 Å². The number of alkyl halides is 18. The zero-order valence-corrected chi connectivity index (χ0v) is 19.0. The molecule has 39 heavy (non-hydrogen) atoms. The van der Waals surface area contributed by atoms with Gasteiger partial charge >= 0.3 is 37.1 Å². The van der Waals surface area contributed by atoms with E-state index < -0.39 is 112 Å². The highest BCUT2D eigenvalue weighted by molar-refractivity contribution is 8.00. The van der Waals surface area contributed by atoms with Gasteiger partial charge in [-0.25, -0.2) is 0 Å². The quantitative estimate of drug-likeness (QED) is 0.235. The van der Waals surface area contributed by atoms with Crippen LogP contribution in [0, 0.1) is 0 Å². The molecule has 0 fully saturated rings.